The molecule has 3 heteroatoms. The summed E-state index contributed by atoms with van der Waals surface area (Å²) in [5.74, 6) is 0. The predicted molar refractivity (Wildman–Crippen MR) is 92.6 cm³/mol. The fourth-order valence-electron chi connectivity index (χ4n) is 2.46. The molecule has 0 N–H and O–H groups in total. The first-order valence-corrected chi connectivity index (χ1v) is 9.94. The molecule has 2 rings (SSSR count). The first-order valence-electron chi connectivity index (χ1n) is 7.84. The zero-order chi connectivity index (χ0) is 14.9. The average Bonchev–Trinajstić information content (AvgIpc) is 2.57. The summed E-state index contributed by atoms with van der Waals surface area (Å²) in [5, 5.41) is 2.43. The van der Waals surface area contributed by atoms with Crippen LogP contribution in [0.1, 0.15) is 13.8 Å². The second-order valence-corrected chi connectivity index (χ2v) is 8.34. The lowest BCUT2D eigenvalue weighted by molar-refractivity contribution is 0.329. The van der Waals surface area contributed by atoms with Gasteiger partial charge in [-0.25, -0.2) is 0 Å². The Hall–Kier alpha value is -1.27. The summed E-state index contributed by atoms with van der Waals surface area (Å²) in [6.07, 6.45) is 0. The number of hydrogen-bond acceptors (Lipinski definition) is 2. The Morgan fingerprint density at radius 1 is 0.810 bits per heavy atom. The lowest BCUT2D eigenvalue weighted by Crippen LogP contribution is -2.26. The molecule has 2 aromatic rings. The summed E-state index contributed by atoms with van der Waals surface area (Å²) in [6.45, 7) is 6.19. The van der Waals surface area contributed by atoms with Gasteiger partial charge in [-0.3, -0.25) is 0 Å². The van der Waals surface area contributed by atoms with Crippen molar-refractivity contribution in [2.75, 3.05) is 18.1 Å². The number of nitrogens with zero attached hydrogens (tertiary/aromatic N) is 1. The highest BCUT2D eigenvalue weighted by Crippen LogP contribution is 2.24. The van der Waals surface area contributed by atoms with Crippen LogP contribution >= 0.6 is 0 Å². The molecule has 21 heavy (non-hydrogen) atoms. The van der Waals surface area contributed by atoms with Crippen LogP contribution in [-0.2, 0) is 3.79 Å². The van der Waals surface area contributed by atoms with Gasteiger partial charge in [-0.15, -0.1) is 0 Å². The maximum atomic E-state index is 6.11. The second kappa shape index (κ2) is 8.90. The van der Waals surface area contributed by atoms with Crippen LogP contribution in [0.15, 0.2) is 60.7 Å². The van der Waals surface area contributed by atoms with E-state index in [-0.39, 0.29) is 0 Å². The van der Waals surface area contributed by atoms with Gasteiger partial charge in [0.05, 0.1) is 0 Å². The summed E-state index contributed by atoms with van der Waals surface area (Å²) in [6, 6.07) is 21.1. The van der Waals surface area contributed by atoms with Crippen molar-refractivity contribution in [2.24, 2.45) is 0 Å². The van der Waals surface area contributed by atoms with Crippen LogP contribution in [0.5, 0.6) is 0 Å². The Kier molecular flexibility index (Phi) is 6.82. The maximum Gasteiger partial charge on any atom is 0.460 e. The van der Waals surface area contributed by atoms with E-state index in [9.17, 15) is 0 Å². The molecule has 110 valence electrons. The fraction of sp³-hybridized carbons (Fsp3) is 0.333. The molecule has 0 saturated heterocycles. The van der Waals surface area contributed by atoms with Crippen LogP contribution in [0.2, 0.25) is 10.6 Å². The van der Waals surface area contributed by atoms with Crippen molar-refractivity contribution in [1.29, 1.82) is 0 Å². The molecule has 0 aliphatic rings. The van der Waals surface area contributed by atoms with Crippen LogP contribution < -0.4 is 4.90 Å². The normalized spacial score (nSPS) is 10.4. The number of benzene rings is 2. The molecule has 0 atom stereocenters. The van der Waals surface area contributed by atoms with Crippen molar-refractivity contribution < 1.29 is 3.79 Å². The first kappa shape index (κ1) is 16.1. The predicted octanol–water partition coefficient (Wildman–Crippen LogP) is 4.87. The monoisotopic (exact) mass is 297 g/mol. The molecule has 0 aliphatic heterocycles. The van der Waals surface area contributed by atoms with Gasteiger partial charge in [-0.2, -0.15) is 0 Å². The van der Waals surface area contributed by atoms with Crippen molar-refractivity contribution in [3.05, 3.63) is 60.7 Å². The van der Waals surface area contributed by atoms with Crippen molar-refractivity contribution in [3.8, 4) is 0 Å². The second-order valence-electron chi connectivity index (χ2n) is 5.13. The van der Waals surface area contributed by atoms with Crippen molar-refractivity contribution in [2.45, 2.75) is 24.4 Å². The molecule has 0 unspecified atom stereocenters. The third-order valence-corrected chi connectivity index (χ3v) is 6.24. The molecule has 0 spiro atoms. The van der Waals surface area contributed by atoms with Crippen molar-refractivity contribution in [3.63, 3.8) is 0 Å². The highest BCUT2D eigenvalue weighted by atomic mass is 27.2. The van der Waals surface area contributed by atoms with Gasteiger partial charge in [0.1, 0.15) is 0 Å². The number of para-hydroxylation sites is 2. The Morgan fingerprint density at radius 3 is 1.71 bits per heavy atom. The zero-order valence-electron chi connectivity index (χ0n) is 13.0. The van der Waals surface area contributed by atoms with Crippen LogP contribution in [0.3, 0.4) is 0 Å². The van der Waals surface area contributed by atoms with E-state index in [4.69, 9.17) is 3.79 Å². The standard InChI is InChI=1S/C14H14NO.2C2H5.Al/c16-12-11-15(13-7-3-1-4-8-13)14-9-5-2-6-10-14;2*1-2;/h1-10H,11-12H2;2*1H2,2H3;/q-1;;;+1. The molecule has 0 aliphatic carbocycles. The number of anilines is 2. The fourth-order valence-corrected chi connectivity index (χ4v) is 3.95. The molecule has 0 bridgehead atoms. The minimum Gasteiger partial charge on any atom is -0.499 e. The van der Waals surface area contributed by atoms with Crippen LogP contribution in [0.25, 0.3) is 0 Å². The van der Waals surface area contributed by atoms with Gasteiger partial charge in [0.2, 0.25) is 0 Å². The van der Waals surface area contributed by atoms with Gasteiger partial charge in [0.15, 0.2) is 0 Å². The third kappa shape index (κ3) is 4.90. The number of hydrogen-bond donors (Lipinski definition) is 0. The van der Waals surface area contributed by atoms with Gasteiger partial charge in [0, 0.05) is 24.5 Å². The largest absolute Gasteiger partial charge is 0.499 e. The smallest absolute Gasteiger partial charge is 0.460 e. The van der Waals surface area contributed by atoms with E-state index in [0.717, 1.165) is 13.2 Å². The topological polar surface area (TPSA) is 12.5 Å². The van der Waals surface area contributed by atoms with E-state index in [2.05, 4.69) is 79.4 Å². The first-order chi connectivity index (χ1) is 10.3. The Balaban J connectivity index is 2.07. The maximum absolute atomic E-state index is 6.11. The molecule has 0 amide bonds. The van der Waals surface area contributed by atoms with Crippen molar-refractivity contribution >= 4 is 25.9 Å². The number of rotatable bonds is 8. The van der Waals surface area contributed by atoms with Gasteiger partial charge in [-0.05, 0) is 24.3 Å². The summed E-state index contributed by atoms with van der Waals surface area (Å²) in [5.41, 5.74) is 2.44. The van der Waals surface area contributed by atoms with E-state index in [1.807, 2.05) is 0 Å². The van der Waals surface area contributed by atoms with Gasteiger partial charge in [-0.1, -0.05) is 60.8 Å². The van der Waals surface area contributed by atoms with E-state index in [0.29, 0.717) is 0 Å². The molecular weight excluding hydrogens is 273 g/mol. The van der Waals surface area contributed by atoms with Gasteiger partial charge < -0.3 is 8.69 Å². The molecule has 0 radical (unpaired) electrons. The molecule has 0 aromatic heterocycles. The van der Waals surface area contributed by atoms with Crippen LogP contribution in [0.4, 0.5) is 11.4 Å². The van der Waals surface area contributed by atoms with Crippen LogP contribution in [-0.4, -0.2) is 27.6 Å². The lowest BCUT2D eigenvalue weighted by Gasteiger charge is -2.26. The summed E-state index contributed by atoms with van der Waals surface area (Å²) in [7, 11) is 0. The summed E-state index contributed by atoms with van der Waals surface area (Å²) in [4.78, 5) is 2.33. The molecule has 0 fully saturated rings. The van der Waals surface area contributed by atoms with Gasteiger partial charge in [0.25, 0.3) is 0 Å². The zero-order valence-corrected chi connectivity index (χ0v) is 14.2. The molecule has 0 saturated carbocycles. The molecular formula is C18H24AlNO. The Labute approximate surface area is 133 Å². The van der Waals surface area contributed by atoms with E-state index < -0.39 is 14.5 Å². The molecule has 0 heterocycles. The minimum atomic E-state index is -0.965. The summed E-state index contributed by atoms with van der Waals surface area (Å²) >= 11 is -0.965. The summed E-state index contributed by atoms with van der Waals surface area (Å²) < 4.78 is 6.11. The molecule has 2 nitrogen and oxygen atoms in total. The molecule has 2 aromatic carbocycles. The van der Waals surface area contributed by atoms with Gasteiger partial charge >= 0.3 is 14.5 Å². The average molecular weight is 297 g/mol. The van der Waals surface area contributed by atoms with Crippen LogP contribution in [0, 0.1) is 0 Å². The highest BCUT2D eigenvalue weighted by Gasteiger charge is 2.15. The third-order valence-electron chi connectivity index (χ3n) is 3.71. The quantitative estimate of drug-likeness (QED) is 0.644. The van der Waals surface area contributed by atoms with Crippen molar-refractivity contribution in [1.82, 2.24) is 0 Å². The Bertz CT molecular complexity index is 460. The Morgan fingerprint density at radius 2 is 1.29 bits per heavy atom. The van der Waals surface area contributed by atoms with E-state index in [1.165, 1.54) is 21.9 Å². The lowest BCUT2D eigenvalue weighted by atomic mass is 10.2. The van der Waals surface area contributed by atoms with E-state index >= 15 is 0 Å². The highest BCUT2D eigenvalue weighted by molar-refractivity contribution is 6.51. The minimum absolute atomic E-state index is 0.808. The SMILES string of the molecule is C[CH2][Al]([CH2]C)[O]CCN(c1ccccc1)c1ccccc1. The van der Waals surface area contributed by atoms with E-state index in [1.54, 1.807) is 0 Å².